The molecule has 2 aromatic heterocycles. The number of carbonyl (C=O) groups excluding carboxylic acids is 1. The number of carbonyl (C=O) groups is 1. The minimum atomic E-state index is -0.00791. The van der Waals surface area contributed by atoms with Gasteiger partial charge < -0.3 is 15.2 Å². The van der Waals surface area contributed by atoms with E-state index >= 15 is 0 Å². The Bertz CT molecular complexity index is 858. The molecule has 2 N–H and O–H groups in total. The van der Waals surface area contributed by atoms with E-state index in [4.69, 9.17) is 0 Å². The first-order valence-electron chi connectivity index (χ1n) is 8.81. The third kappa shape index (κ3) is 3.50. The summed E-state index contributed by atoms with van der Waals surface area (Å²) >= 11 is 0. The van der Waals surface area contributed by atoms with Crippen LogP contribution in [0.15, 0.2) is 54.9 Å². The molecule has 1 aliphatic heterocycles. The van der Waals surface area contributed by atoms with Gasteiger partial charge >= 0.3 is 0 Å². The molecule has 0 saturated carbocycles. The molecule has 1 aromatic carbocycles. The molecule has 5 heteroatoms. The fraction of sp³-hybridized carbons (Fsp3) is 0.300. The van der Waals surface area contributed by atoms with E-state index in [9.17, 15) is 4.79 Å². The number of aromatic nitrogens is 2. The summed E-state index contributed by atoms with van der Waals surface area (Å²) in [6.07, 6.45) is 5.99. The highest BCUT2D eigenvalue weighted by Gasteiger charge is 2.21. The molecule has 1 atom stereocenters. The monoisotopic (exact) mass is 334 g/mol. The Kier molecular flexibility index (Phi) is 4.37. The fourth-order valence-corrected chi connectivity index (χ4v) is 3.51. The van der Waals surface area contributed by atoms with Gasteiger partial charge in [-0.3, -0.25) is 4.79 Å². The minimum Gasteiger partial charge on any atom is -0.361 e. The molecule has 25 heavy (non-hydrogen) atoms. The number of nitrogens with one attached hydrogen (secondary N) is 2. The van der Waals surface area contributed by atoms with Crippen molar-refractivity contribution in [1.29, 1.82) is 0 Å². The van der Waals surface area contributed by atoms with Gasteiger partial charge in [0.05, 0.1) is 0 Å². The van der Waals surface area contributed by atoms with Crippen LogP contribution in [0.4, 0.5) is 5.82 Å². The van der Waals surface area contributed by atoms with E-state index in [1.165, 1.54) is 0 Å². The van der Waals surface area contributed by atoms with Gasteiger partial charge in [0.1, 0.15) is 5.82 Å². The van der Waals surface area contributed by atoms with Crippen molar-refractivity contribution in [3.63, 3.8) is 0 Å². The third-order valence-electron chi connectivity index (χ3n) is 4.86. The molecule has 0 unspecified atom stereocenters. The van der Waals surface area contributed by atoms with Gasteiger partial charge in [-0.15, -0.1) is 0 Å². The van der Waals surface area contributed by atoms with E-state index in [2.05, 4.69) is 20.2 Å². The van der Waals surface area contributed by atoms with Crippen molar-refractivity contribution in [3.8, 4) is 0 Å². The molecule has 0 aliphatic carbocycles. The molecule has 128 valence electrons. The van der Waals surface area contributed by atoms with Crippen LogP contribution >= 0.6 is 0 Å². The Labute approximate surface area is 147 Å². The highest BCUT2D eigenvalue weighted by Crippen LogP contribution is 2.21. The molecular weight excluding hydrogens is 312 g/mol. The van der Waals surface area contributed by atoms with Gasteiger partial charge in [-0.25, -0.2) is 4.98 Å². The number of nitrogens with zero attached hydrogens (tertiary/aromatic N) is 2. The first-order valence-corrected chi connectivity index (χ1v) is 8.81. The zero-order chi connectivity index (χ0) is 17.1. The molecule has 0 radical (unpaired) electrons. The Morgan fingerprint density at radius 3 is 3.12 bits per heavy atom. The van der Waals surface area contributed by atoms with Crippen LogP contribution in [0, 0.1) is 5.92 Å². The Morgan fingerprint density at radius 1 is 1.28 bits per heavy atom. The summed E-state index contributed by atoms with van der Waals surface area (Å²) in [5, 5.41) is 4.22. The Balaban J connectivity index is 1.36. The predicted octanol–water partition coefficient (Wildman–Crippen LogP) is 3.21. The quantitative estimate of drug-likeness (QED) is 0.770. The molecule has 0 spiro atoms. The summed E-state index contributed by atoms with van der Waals surface area (Å²) in [5.41, 5.74) is 1.69. The van der Waals surface area contributed by atoms with Crippen molar-refractivity contribution in [2.45, 2.75) is 12.8 Å². The van der Waals surface area contributed by atoms with E-state index in [1.54, 1.807) is 0 Å². The highest BCUT2D eigenvalue weighted by molar-refractivity contribution is 5.97. The lowest BCUT2D eigenvalue weighted by molar-refractivity contribution is 0.0946. The third-order valence-corrected chi connectivity index (χ3v) is 4.86. The Hall–Kier alpha value is -2.82. The lowest BCUT2D eigenvalue weighted by Gasteiger charge is -2.33. The van der Waals surface area contributed by atoms with Gasteiger partial charge in [-0.05, 0) is 54.5 Å². The van der Waals surface area contributed by atoms with E-state index in [0.29, 0.717) is 18.0 Å². The first-order chi connectivity index (χ1) is 12.3. The highest BCUT2D eigenvalue weighted by atomic mass is 16.1. The van der Waals surface area contributed by atoms with Gasteiger partial charge in [-0.1, -0.05) is 12.1 Å². The molecular formula is C20H22N4O. The fourth-order valence-electron chi connectivity index (χ4n) is 3.51. The number of pyridine rings is 1. The van der Waals surface area contributed by atoms with Crippen molar-refractivity contribution in [2.75, 3.05) is 24.5 Å². The lowest BCUT2D eigenvalue weighted by Crippen LogP contribution is -2.41. The summed E-state index contributed by atoms with van der Waals surface area (Å²) in [4.78, 5) is 22.4. The van der Waals surface area contributed by atoms with E-state index < -0.39 is 0 Å². The molecule has 5 nitrogen and oxygen atoms in total. The number of fused-ring (bicyclic) bond motifs is 1. The van der Waals surface area contributed by atoms with Crippen molar-refractivity contribution >= 4 is 22.6 Å². The van der Waals surface area contributed by atoms with Crippen LogP contribution in [0.25, 0.3) is 10.9 Å². The molecule has 3 heterocycles. The zero-order valence-corrected chi connectivity index (χ0v) is 14.1. The number of hydrogen-bond acceptors (Lipinski definition) is 3. The van der Waals surface area contributed by atoms with Gasteiger partial charge in [0, 0.05) is 43.1 Å². The molecule has 1 saturated heterocycles. The van der Waals surface area contributed by atoms with Crippen LogP contribution < -0.4 is 10.2 Å². The maximum atomic E-state index is 12.5. The normalized spacial score (nSPS) is 17.6. The van der Waals surface area contributed by atoms with Crippen LogP contribution in [-0.2, 0) is 0 Å². The van der Waals surface area contributed by atoms with Crippen molar-refractivity contribution < 1.29 is 4.79 Å². The van der Waals surface area contributed by atoms with Gasteiger partial charge in [0.15, 0.2) is 0 Å². The largest absolute Gasteiger partial charge is 0.361 e. The summed E-state index contributed by atoms with van der Waals surface area (Å²) in [6.45, 7) is 2.67. The molecule has 0 bridgehead atoms. The standard InChI is InChI=1S/C20H22N4O/c25-20(17-7-6-16-8-10-21-18(16)12-17)23-13-15-4-3-11-24(14-15)19-5-1-2-9-22-19/h1-2,5-10,12,15,21H,3-4,11,13-14H2,(H,23,25)/t15-/m0/s1. The summed E-state index contributed by atoms with van der Waals surface area (Å²) in [7, 11) is 0. The smallest absolute Gasteiger partial charge is 0.251 e. The molecule has 1 aliphatic rings. The van der Waals surface area contributed by atoms with Gasteiger partial charge in [-0.2, -0.15) is 0 Å². The second-order valence-electron chi connectivity index (χ2n) is 6.63. The van der Waals surface area contributed by atoms with Crippen molar-refractivity contribution in [1.82, 2.24) is 15.3 Å². The number of H-pyrrole nitrogens is 1. The van der Waals surface area contributed by atoms with Crippen LogP contribution in [0.5, 0.6) is 0 Å². The van der Waals surface area contributed by atoms with E-state index in [0.717, 1.165) is 42.7 Å². The van der Waals surface area contributed by atoms with Gasteiger partial charge in [0.2, 0.25) is 0 Å². The molecule has 3 aromatic rings. The van der Waals surface area contributed by atoms with E-state index in [1.807, 2.05) is 54.9 Å². The average Bonchev–Trinajstić information content (AvgIpc) is 3.15. The Morgan fingerprint density at radius 2 is 2.24 bits per heavy atom. The van der Waals surface area contributed by atoms with Crippen LogP contribution in [0.3, 0.4) is 0 Å². The van der Waals surface area contributed by atoms with E-state index in [-0.39, 0.29) is 5.91 Å². The van der Waals surface area contributed by atoms with Gasteiger partial charge in [0.25, 0.3) is 5.91 Å². The number of amides is 1. The van der Waals surface area contributed by atoms with Crippen molar-refractivity contribution in [3.05, 3.63) is 60.4 Å². The summed E-state index contributed by atoms with van der Waals surface area (Å²) < 4.78 is 0. The SMILES string of the molecule is O=C(NC[C@@H]1CCCN(c2ccccn2)C1)c1ccc2cc[nH]c2c1. The zero-order valence-electron chi connectivity index (χ0n) is 14.1. The van der Waals surface area contributed by atoms with Crippen LogP contribution in [0.1, 0.15) is 23.2 Å². The second kappa shape index (κ2) is 6.97. The summed E-state index contributed by atoms with van der Waals surface area (Å²) in [5.74, 6) is 1.47. The number of piperidine rings is 1. The predicted molar refractivity (Wildman–Crippen MR) is 99.8 cm³/mol. The first kappa shape index (κ1) is 15.7. The number of benzene rings is 1. The molecule has 1 amide bonds. The summed E-state index contributed by atoms with van der Waals surface area (Å²) in [6, 6.07) is 13.8. The molecule has 1 fully saturated rings. The lowest BCUT2D eigenvalue weighted by atomic mass is 9.98. The average molecular weight is 334 g/mol. The maximum absolute atomic E-state index is 12.5. The minimum absolute atomic E-state index is 0.00791. The number of rotatable bonds is 4. The van der Waals surface area contributed by atoms with Crippen molar-refractivity contribution in [2.24, 2.45) is 5.92 Å². The second-order valence-corrected chi connectivity index (χ2v) is 6.63. The number of hydrogen-bond donors (Lipinski definition) is 2. The topological polar surface area (TPSA) is 61.0 Å². The van der Waals surface area contributed by atoms with Crippen LogP contribution in [-0.4, -0.2) is 35.5 Å². The maximum Gasteiger partial charge on any atom is 0.251 e. The number of anilines is 1. The molecule has 4 rings (SSSR count). The van der Waals surface area contributed by atoms with Crippen LogP contribution in [0.2, 0.25) is 0 Å². The number of aromatic amines is 1.